The van der Waals surface area contributed by atoms with Crippen LogP contribution in [0.25, 0.3) is 11.1 Å². The van der Waals surface area contributed by atoms with E-state index in [4.69, 9.17) is 16.7 Å². The summed E-state index contributed by atoms with van der Waals surface area (Å²) in [5.41, 5.74) is 2.67. The van der Waals surface area contributed by atoms with E-state index in [1.807, 2.05) is 19.1 Å². The van der Waals surface area contributed by atoms with Crippen LogP contribution in [0.1, 0.15) is 12.5 Å². The molecule has 1 amide bonds. The Labute approximate surface area is 207 Å². The molecule has 5 rings (SSSR count). The second kappa shape index (κ2) is 8.58. The first-order valence-electron chi connectivity index (χ1n) is 11.0. The Morgan fingerprint density at radius 2 is 1.74 bits per heavy atom. The van der Waals surface area contributed by atoms with Gasteiger partial charge in [-0.1, -0.05) is 35.9 Å². The molecule has 0 aromatic heterocycles. The van der Waals surface area contributed by atoms with Gasteiger partial charge in [0.05, 0.1) is 11.6 Å². The maximum atomic E-state index is 14.9. The SMILES string of the molecule is C[C@H]1Cc2cc(F)c(S(N)(=O)=O)cc2N1C(=O)C1CN(c2ccc(-c3ccccc3Cl)cc2F)C1. The highest BCUT2D eigenvalue weighted by Gasteiger charge is 2.41. The molecule has 6 nitrogen and oxygen atoms in total. The van der Waals surface area contributed by atoms with E-state index >= 15 is 0 Å². The molecule has 3 aromatic rings. The molecule has 2 aliphatic heterocycles. The number of hydrogen-bond acceptors (Lipinski definition) is 4. The van der Waals surface area contributed by atoms with Crippen LogP contribution in [-0.4, -0.2) is 33.5 Å². The number of primary sulfonamides is 1. The lowest BCUT2D eigenvalue weighted by Crippen LogP contribution is -2.56. The van der Waals surface area contributed by atoms with Gasteiger partial charge in [-0.15, -0.1) is 0 Å². The number of fused-ring (bicyclic) bond motifs is 1. The molecular weight excluding hydrogens is 496 g/mol. The summed E-state index contributed by atoms with van der Waals surface area (Å²) in [5, 5.41) is 5.66. The van der Waals surface area contributed by atoms with E-state index in [-0.39, 0.29) is 11.9 Å². The van der Waals surface area contributed by atoms with E-state index in [1.165, 1.54) is 11.0 Å². The number of carbonyl (C=O) groups excluding carboxylic acids is 1. The van der Waals surface area contributed by atoms with Crippen molar-refractivity contribution in [3.8, 4) is 11.1 Å². The maximum absolute atomic E-state index is 14.9. The van der Waals surface area contributed by atoms with E-state index in [0.29, 0.717) is 47.0 Å². The number of halogens is 3. The molecule has 182 valence electrons. The van der Waals surface area contributed by atoms with E-state index in [2.05, 4.69) is 0 Å². The third-order valence-electron chi connectivity index (χ3n) is 6.60. The molecular formula is C25H22ClF2N3O3S. The highest BCUT2D eigenvalue weighted by molar-refractivity contribution is 7.89. The summed E-state index contributed by atoms with van der Waals surface area (Å²) in [7, 11) is -4.28. The lowest BCUT2D eigenvalue weighted by atomic mass is 9.96. The molecule has 2 heterocycles. The molecule has 2 aliphatic rings. The van der Waals surface area contributed by atoms with Gasteiger partial charge in [0, 0.05) is 35.4 Å². The predicted molar refractivity (Wildman–Crippen MR) is 131 cm³/mol. The first-order valence-corrected chi connectivity index (χ1v) is 12.9. The van der Waals surface area contributed by atoms with E-state index in [1.54, 1.807) is 29.2 Å². The standard InChI is InChI=1S/C25H22ClF2N3O3S/c1-14-8-16-10-21(28)24(35(29,33)34)11-23(16)31(14)25(32)17-12-30(13-17)22-7-6-15(9-20(22)27)18-4-2-3-5-19(18)26/h2-7,9-11,14,17H,8,12-13H2,1H3,(H2,29,33,34)/t14-/m0/s1. The van der Waals surface area contributed by atoms with Gasteiger partial charge in [-0.2, -0.15) is 0 Å². The maximum Gasteiger partial charge on any atom is 0.241 e. The normalized spacial score (nSPS) is 17.9. The number of carbonyl (C=O) groups is 1. The minimum absolute atomic E-state index is 0.215. The van der Waals surface area contributed by atoms with Gasteiger partial charge in [0.2, 0.25) is 15.9 Å². The molecule has 2 N–H and O–H groups in total. The third kappa shape index (κ3) is 4.17. The fourth-order valence-electron chi connectivity index (χ4n) is 4.83. The summed E-state index contributed by atoms with van der Waals surface area (Å²) in [6.07, 6.45) is 0.400. The van der Waals surface area contributed by atoms with Crippen LogP contribution in [0.3, 0.4) is 0 Å². The molecule has 10 heteroatoms. The van der Waals surface area contributed by atoms with Gasteiger partial charge >= 0.3 is 0 Å². The van der Waals surface area contributed by atoms with E-state index < -0.39 is 32.5 Å². The van der Waals surface area contributed by atoms with Crippen LogP contribution >= 0.6 is 11.6 Å². The van der Waals surface area contributed by atoms with Crippen molar-refractivity contribution in [2.24, 2.45) is 11.1 Å². The number of nitrogens with two attached hydrogens (primary N) is 1. The quantitative estimate of drug-likeness (QED) is 0.558. The Bertz CT molecular complexity index is 1460. The van der Waals surface area contributed by atoms with Gasteiger partial charge < -0.3 is 9.80 Å². The van der Waals surface area contributed by atoms with Crippen LogP contribution in [0.4, 0.5) is 20.2 Å². The first-order chi connectivity index (χ1) is 16.5. The van der Waals surface area contributed by atoms with Gasteiger partial charge in [0.1, 0.15) is 16.5 Å². The molecule has 0 spiro atoms. The van der Waals surface area contributed by atoms with E-state index in [9.17, 15) is 22.0 Å². The topological polar surface area (TPSA) is 83.7 Å². The van der Waals surface area contributed by atoms with Crippen molar-refractivity contribution in [3.63, 3.8) is 0 Å². The number of rotatable bonds is 4. The fourth-order valence-corrected chi connectivity index (χ4v) is 5.68. The Morgan fingerprint density at radius 1 is 1.03 bits per heavy atom. The Balaban J connectivity index is 1.34. The summed E-state index contributed by atoms with van der Waals surface area (Å²) in [4.78, 5) is 15.9. The smallest absolute Gasteiger partial charge is 0.241 e. The lowest BCUT2D eigenvalue weighted by molar-refractivity contribution is -0.123. The number of anilines is 2. The monoisotopic (exact) mass is 517 g/mol. The number of amides is 1. The number of hydrogen-bond donors (Lipinski definition) is 1. The van der Waals surface area contributed by atoms with Gasteiger partial charge in [-0.3, -0.25) is 4.79 Å². The molecule has 35 heavy (non-hydrogen) atoms. The predicted octanol–water partition coefficient (Wildman–Crippen LogP) is 4.35. The summed E-state index contributed by atoms with van der Waals surface area (Å²) in [6, 6.07) is 14.1. The minimum Gasteiger partial charge on any atom is -0.367 e. The molecule has 0 saturated carbocycles. The van der Waals surface area contributed by atoms with Crippen LogP contribution in [0.2, 0.25) is 5.02 Å². The number of sulfonamides is 1. The van der Waals surface area contributed by atoms with Gasteiger partial charge in [0.15, 0.2) is 0 Å². The zero-order valence-corrected chi connectivity index (χ0v) is 20.3. The molecule has 0 radical (unpaired) electrons. The molecule has 0 bridgehead atoms. The first kappa shape index (κ1) is 23.7. The molecule has 3 aromatic carbocycles. The Hall–Kier alpha value is -3.01. The van der Waals surface area contributed by atoms with Crippen LogP contribution in [-0.2, 0) is 21.2 Å². The van der Waals surface area contributed by atoms with Gasteiger partial charge in [-0.25, -0.2) is 22.3 Å². The van der Waals surface area contributed by atoms with Crippen molar-refractivity contribution in [2.45, 2.75) is 24.3 Å². The lowest BCUT2D eigenvalue weighted by Gasteiger charge is -2.42. The fraction of sp³-hybridized carbons (Fsp3) is 0.240. The summed E-state index contributed by atoms with van der Waals surface area (Å²) >= 11 is 6.22. The average molecular weight is 518 g/mol. The Kier molecular flexibility index (Phi) is 5.82. The second-order valence-electron chi connectivity index (χ2n) is 8.97. The van der Waals surface area contributed by atoms with Crippen molar-refractivity contribution in [3.05, 3.63) is 76.8 Å². The highest BCUT2D eigenvalue weighted by atomic mass is 35.5. The minimum atomic E-state index is -4.28. The van der Waals surface area contributed by atoms with Crippen LogP contribution in [0.15, 0.2) is 59.5 Å². The zero-order chi connectivity index (χ0) is 25.1. The summed E-state index contributed by atoms with van der Waals surface area (Å²) in [6.45, 7) is 2.43. The molecule has 0 unspecified atom stereocenters. The van der Waals surface area contributed by atoms with Crippen molar-refractivity contribution in [2.75, 3.05) is 22.9 Å². The number of nitrogens with zero attached hydrogens (tertiary/aromatic N) is 2. The molecule has 1 saturated heterocycles. The average Bonchev–Trinajstić information content (AvgIpc) is 3.07. The van der Waals surface area contributed by atoms with Gasteiger partial charge in [0.25, 0.3) is 0 Å². The molecule has 0 aliphatic carbocycles. The number of benzene rings is 3. The molecule has 1 fully saturated rings. The van der Waals surface area contributed by atoms with E-state index in [0.717, 1.165) is 17.7 Å². The van der Waals surface area contributed by atoms with Crippen molar-refractivity contribution >= 4 is 38.9 Å². The third-order valence-corrected chi connectivity index (χ3v) is 7.85. The van der Waals surface area contributed by atoms with Crippen molar-refractivity contribution in [1.29, 1.82) is 0 Å². The van der Waals surface area contributed by atoms with Crippen molar-refractivity contribution < 1.29 is 22.0 Å². The largest absolute Gasteiger partial charge is 0.367 e. The molecule has 1 atom stereocenters. The zero-order valence-electron chi connectivity index (χ0n) is 18.7. The van der Waals surface area contributed by atoms with Crippen molar-refractivity contribution in [1.82, 2.24) is 0 Å². The Morgan fingerprint density at radius 3 is 2.40 bits per heavy atom. The van der Waals surface area contributed by atoms with Gasteiger partial charge in [-0.05, 0) is 54.8 Å². The second-order valence-corrected chi connectivity index (χ2v) is 10.9. The highest BCUT2D eigenvalue weighted by Crippen LogP contribution is 2.39. The van der Waals surface area contributed by atoms with Crippen LogP contribution in [0.5, 0.6) is 0 Å². The van der Waals surface area contributed by atoms with Crippen LogP contribution in [0, 0.1) is 17.6 Å². The van der Waals surface area contributed by atoms with Crippen LogP contribution < -0.4 is 14.9 Å². The summed E-state index contributed by atoms with van der Waals surface area (Å²) < 4.78 is 52.7. The summed E-state index contributed by atoms with van der Waals surface area (Å²) in [5.74, 6) is -1.97.